The minimum atomic E-state index is -0.0154. The Kier molecular flexibility index (Phi) is 6.49. The maximum atomic E-state index is 12.3. The number of carbonyl (C=O) groups is 1. The number of H-pyrrole nitrogens is 1. The quantitative estimate of drug-likeness (QED) is 0.424. The number of benzene rings is 1. The topological polar surface area (TPSA) is 115 Å². The van der Waals surface area contributed by atoms with Gasteiger partial charge in [0.05, 0.1) is 0 Å². The van der Waals surface area contributed by atoms with Crippen LogP contribution in [0.4, 0.5) is 17.7 Å². The number of nitrogens with zero attached hydrogens (tertiary/aromatic N) is 6. The molecular weight excluding hydrogens is 474 g/mol. The molecule has 2 aromatic heterocycles. The summed E-state index contributed by atoms with van der Waals surface area (Å²) in [4.78, 5) is 32.0. The fourth-order valence-corrected chi connectivity index (χ4v) is 5.06. The number of hydrogen-bond donors (Lipinski definition) is 3. The van der Waals surface area contributed by atoms with E-state index in [-0.39, 0.29) is 5.91 Å². The van der Waals surface area contributed by atoms with Gasteiger partial charge in [0.2, 0.25) is 11.9 Å². The first-order valence-electron chi connectivity index (χ1n) is 12.7. The number of hydrogen-bond acceptors (Lipinski definition) is 9. The molecule has 188 valence electrons. The summed E-state index contributed by atoms with van der Waals surface area (Å²) >= 11 is 1.46. The lowest BCUT2D eigenvalue weighted by Gasteiger charge is -2.32. The average Bonchev–Trinajstić information content (AvgIpc) is 3.55. The number of nitrogens with one attached hydrogen (secondary N) is 3. The molecule has 6 rings (SSSR count). The Morgan fingerprint density at radius 1 is 1.03 bits per heavy atom. The van der Waals surface area contributed by atoms with Crippen molar-refractivity contribution < 1.29 is 4.79 Å². The Balaban J connectivity index is 1.21. The molecule has 2 aliphatic carbocycles. The molecule has 0 spiro atoms. The summed E-state index contributed by atoms with van der Waals surface area (Å²) in [7, 11) is 2.13. The highest BCUT2D eigenvalue weighted by Gasteiger charge is 2.24. The van der Waals surface area contributed by atoms with Crippen LogP contribution in [0.1, 0.15) is 54.1 Å². The van der Waals surface area contributed by atoms with Crippen molar-refractivity contribution in [1.82, 2.24) is 35.4 Å². The summed E-state index contributed by atoms with van der Waals surface area (Å²) in [5, 5.41) is 14.5. The molecular formula is C25H31N9OS. The van der Waals surface area contributed by atoms with E-state index < -0.39 is 0 Å². The van der Waals surface area contributed by atoms with Crippen LogP contribution >= 0.6 is 11.8 Å². The van der Waals surface area contributed by atoms with Gasteiger partial charge in [-0.1, -0.05) is 6.42 Å². The second-order valence-corrected chi connectivity index (χ2v) is 10.9. The molecule has 36 heavy (non-hydrogen) atoms. The molecule has 3 N–H and O–H groups in total. The number of piperazine rings is 1. The Morgan fingerprint density at radius 2 is 1.81 bits per heavy atom. The van der Waals surface area contributed by atoms with E-state index in [1.54, 1.807) is 0 Å². The van der Waals surface area contributed by atoms with Gasteiger partial charge in [0.15, 0.2) is 11.0 Å². The van der Waals surface area contributed by atoms with E-state index >= 15 is 0 Å². The van der Waals surface area contributed by atoms with Crippen molar-refractivity contribution in [2.45, 2.75) is 54.1 Å². The first kappa shape index (κ1) is 23.2. The molecule has 3 heterocycles. The maximum absolute atomic E-state index is 12.3. The lowest BCUT2D eigenvalue weighted by molar-refractivity contribution is 0.0951. The lowest BCUT2D eigenvalue weighted by atomic mass is 9.83. The molecule has 0 radical (unpaired) electrons. The van der Waals surface area contributed by atoms with Gasteiger partial charge in [0, 0.05) is 60.4 Å². The van der Waals surface area contributed by atoms with Gasteiger partial charge in [-0.3, -0.25) is 9.89 Å². The van der Waals surface area contributed by atoms with E-state index in [1.807, 2.05) is 24.3 Å². The highest BCUT2D eigenvalue weighted by atomic mass is 32.2. The molecule has 3 fully saturated rings. The summed E-state index contributed by atoms with van der Waals surface area (Å²) in [6.07, 6.45) is 5.85. The Labute approximate surface area is 214 Å². The Morgan fingerprint density at radius 3 is 2.50 bits per heavy atom. The Bertz CT molecular complexity index is 1210. The molecule has 3 aliphatic rings. The van der Waals surface area contributed by atoms with Crippen molar-refractivity contribution in [3.8, 4) is 0 Å². The van der Waals surface area contributed by atoms with Crippen molar-refractivity contribution in [2.75, 3.05) is 43.4 Å². The highest BCUT2D eigenvalue weighted by molar-refractivity contribution is 7.99. The van der Waals surface area contributed by atoms with Crippen molar-refractivity contribution in [3.05, 3.63) is 41.6 Å². The maximum Gasteiger partial charge on any atom is 0.251 e. The zero-order valence-electron chi connectivity index (χ0n) is 20.4. The van der Waals surface area contributed by atoms with Gasteiger partial charge in [-0.25, -0.2) is 0 Å². The van der Waals surface area contributed by atoms with Gasteiger partial charge in [-0.05, 0) is 68.8 Å². The molecule has 2 saturated carbocycles. The molecule has 1 amide bonds. The second kappa shape index (κ2) is 10.1. The van der Waals surface area contributed by atoms with E-state index in [0.717, 1.165) is 55.4 Å². The molecule has 1 aliphatic heterocycles. The van der Waals surface area contributed by atoms with E-state index in [1.165, 1.54) is 31.0 Å². The SMILES string of the molecule is CN1CCN(c2nc(Nc3cc(C4CCC4)[nH]n3)nc(Sc3ccc(C(=O)NC4CC4)cc3)n2)CC1. The minimum Gasteiger partial charge on any atom is -0.349 e. The van der Waals surface area contributed by atoms with Crippen LogP contribution in [-0.2, 0) is 0 Å². The van der Waals surface area contributed by atoms with Crippen LogP contribution in [-0.4, -0.2) is 75.2 Å². The first-order valence-corrected chi connectivity index (χ1v) is 13.5. The van der Waals surface area contributed by atoms with Gasteiger partial charge < -0.3 is 20.4 Å². The molecule has 10 nitrogen and oxygen atoms in total. The summed E-state index contributed by atoms with van der Waals surface area (Å²) in [6, 6.07) is 9.99. The molecule has 1 aromatic carbocycles. The molecule has 11 heteroatoms. The number of aromatic nitrogens is 5. The number of amides is 1. The first-order chi connectivity index (χ1) is 17.6. The predicted molar refractivity (Wildman–Crippen MR) is 139 cm³/mol. The molecule has 0 unspecified atom stereocenters. The van der Waals surface area contributed by atoms with Crippen molar-refractivity contribution in [3.63, 3.8) is 0 Å². The van der Waals surface area contributed by atoms with Crippen LogP contribution in [0.5, 0.6) is 0 Å². The number of aromatic amines is 1. The summed E-state index contributed by atoms with van der Waals surface area (Å²) in [5.41, 5.74) is 1.83. The van der Waals surface area contributed by atoms with E-state index in [0.29, 0.717) is 34.6 Å². The van der Waals surface area contributed by atoms with Gasteiger partial charge >= 0.3 is 0 Å². The van der Waals surface area contributed by atoms with Gasteiger partial charge in [0.25, 0.3) is 5.91 Å². The third kappa shape index (κ3) is 5.46. The third-order valence-electron chi connectivity index (χ3n) is 7.01. The minimum absolute atomic E-state index is 0.0154. The van der Waals surface area contributed by atoms with Crippen LogP contribution in [0, 0.1) is 0 Å². The average molecular weight is 506 g/mol. The largest absolute Gasteiger partial charge is 0.349 e. The third-order valence-corrected chi connectivity index (χ3v) is 7.88. The Hall–Kier alpha value is -3.18. The zero-order valence-corrected chi connectivity index (χ0v) is 21.2. The smallest absolute Gasteiger partial charge is 0.251 e. The van der Waals surface area contributed by atoms with Crippen molar-refractivity contribution in [2.24, 2.45) is 0 Å². The monoisotopic (exact) mass is 505 g/mol. The van der Waals surface area contributed by atoms with Crippen LogP contribution in [0.15, 0.2) is 40.4 Å². The number of likely N-dealkylation sites (N-methyl/N-ethyl adjacent to an activating group) is 1. The molecule has 3 aromatic rings. The summed E-state index contributed by atoms with van der Waals surface area (Å²) in [5.74, 6) is 2.42. The number of rotatable bonds is 8. The van der Waals surface area contributed by atoms with Gasteiger partial charge in [-0.2, -0.15) is 20.1 Å². The zero-order chi connectivity index (χ0) is 24.5. The van der Waals surface area contributed by atoms with E-state index in [9.17, 15) is 4.79 Å². The highest BCUT2D eigenvalue weighted by Crippen LogP contribution is 2.36. The van der Waals surface area contributed by atoms with E-state index in [2.05, 4.69) is 48.7 Å². The standard InChI is InChI=1S/C25H31N9OS/c1-33-11-13-34(14-12-33)24-28-23(27-21-15-20(31-32-21)16-3-2-4-16)29-25(30-24)36-19-9-5-17(6-10-19)22(35)26-18-7-8-18/h5-6,9-10,15-16,18H,2-4,7-8,11-14H2,1H3,(H,26,35)(H2,27,28,29,30,31,32). The second-order valence-electron chi connectivity index (χ2n) is 9.87. The van der Waals surface area contributed by atoms with Crippen LogP contribution in [0.25, 0.3) is 0 Å². The predicted octanol–water partition coefficient (Wildman–Crippen LogP) is 3.40. The van der Waals surface area contributed by atoms with E-state index in [4.69, 9.17) is 9.97 Å². The lowest BCUT2D eigenvalue weighted by Crippen LogP contribution is -2.45. The number of anilines is 3. The normalized spacial score (nSPS) is 18.6. The summed E-state index contributed by atoms with van der Waals surface area (Å²) < 4.78 is 0. The van der Waals surface area contributed by atoms with Crippen molar-refractivity contribution in [1.29, 1.82) is 0 Å². The summed E-state index contributed by atoms with van der Waals surface area (Å²) in [6.45, 7) is 3.66. The number of carbonyl (C=O) groups excluding carboxylic acids is 1. The molecule has 0 atom stereocenters. The fourth-order valence-electron chi connectivity index (χ4n) is 4.32. The van der Waals surface area contributed by atoms with Crippen molar-refractivity contribution >= 4 is 35.4 Å². The van der Waals surface area contributed by atoms with Gasteiger partial charge in [0.1, 0.15) is 0 Å². The van der Waals surface area contributed by atoms with Crippen LogP contribution in [0.2, 0.25) is 0 Å². The van der Waals surface area contributed by atoms with Gasteiger partial charge in [-0.15, -0.1) is 0 Å². The fraction of sp³-hybridized carbons (Fsp3) is 0.480. The van der Waals surface area contributed by atoms with Crippen LogP contribution in [0.3, 0.4) is 0 Å². The molecule has 0 bridgehead atoms. The molecule has 1 saturated heterocycles. The van der Waals surface area contributed by atoms with Crippen LogP contribution < -0.4 is 15.5 Å².